The topological polar surface area (TPSA) is 29.4 Å². The van der Waals surface area contributed by atoms with Crippen LogP contribution in [-0.4, -0.2) is 0 Å². The molecule has 0 N–H and O–H groups in total. The van der Waals surface area contributed by atoms with E-state index >= 15 is 0 Å². The number of nitroso groups, excluding NO2 is 1. The summed E-state index contributed by atoms with van der Waals surface area (Å²) in [6.45, 7) is 1.30. The second-order valence-corrected chi connectivity index (χ2v) is 2.73. The smallest absolute Gasteiger partial charge is 0.204 e. The van der Waals surface area contributed by atoms with Crippen LogP contribution in [0, 0.1) is 17.6 Å². The zero-order valence-corrected chi connectivity index (χ0v) is 7.02. The van der Waals surface area contributed by atoms with Gasteiger partial charge in [0.15, 0.2) is 11.5 Å². The van der Waals surface area contributed by atoms with Crippen LogP contribution in [-0.2, 0) is 6.18 Å². The molecule has 0 aliphatic heterocycles. The van der Waals surface area contributed by atoms with E-state index in [1.165, 1.54) is 6.92 Å². The van der Waals surface area contributed by atoms with Gasteiger partial charge in [0, 0.05) is 0 Å². The lowest BCUT2D eigenvalue weighted by Crippen LogP contribution is -2.06. The summed E-state index contributed by atoms with van der Waals surface area (Å²) in [4.78, 5) is 10.0. The SMILES string of the molecule is Cc1cc(F)c(N=O)c(C(F)(F)F)c1. The molecule has 1 rings (SSSR count). The quantitative estimate of drug-likeness (QED) is 0.511. The summed E-state index contributed by atoms with van der Waals surface area (Å²) in [7, 11) is 0. The molecule has 0 amide bonds. The molecule has 0 spiro atoms. The molecule has 1 aromatic carbocycles. The maximum absolute atomic E-state index is 12.8. The summed E-state index contributed by atoms with van der Waals surface area (Å²) in [5.74, 6) is -1.26. The van der Waals surface area contributed by atoms with Crippen molar-refractivity contribution in [1.29, 1.82) is 0 Å². The Labute approximate surface area is 76.5 Å². The van der Waals surface area contributed by atoms with Gasteiger partial charge in [-0.15, -0.1) is 4.91 Å². The van der Waals surface area contributed by atoms with Crippen molar-refractivity contribution in [1.82, 2.24) is 0 Å². The minimum atomic E-state index is -4.77. The van der Waals surface area contributed by atoms with Crippen LogP contribution in [0.2, 0.25) is 0 Å². The summed E-state index contributed by atoms with van der Waals surface area (Å²) in [6, 6.07) is 1.51. The molecule has 0 atom stereocenters. The zero-order valence-electron chi connectivity index (χ0n) is 7.02. The maximum Gasteiger partial charge on any atom is 0.418 e. The van der Waals surface area contributed by atoms with Gasteiger partial charge in [-0.05, 0) is 29.8 Å². The van der Waals surface area contributed by atoms with Crippen molar-refractivity contribution >= 4 is 5.69 Å². The molecule has 0 aliphatic rings. The number of hydrogen-bond donors (Lipinski definition) is 0. The summed E-state index contributed by atoms with van der Waals surface area (Å²) in [6.07, 6.45) is -4.77. The average Bonchev–Trinajstić information content (AvgIpc) is 2.01. The second-order valence-electron chi connectivity index (χ2n) is 2.73. The molecule has 0 saturated carbocycles. The molecular formula is C8H5F4NO. The Hall–Kier alpha value is -1.46. The predicted octanol–water partition coefficient (Wildman–Crippen LogP) is 3.55. The highest BCUT2D eigenvalue weighted by molar-refractivity contribution is 5.50. The number of nitrogens with zero attached hydrogens (tertiary/aromatic N) is 1. The zero-order chi connectivity index (χ0) is 10.9. The van der Waals surface area contributed by atoms with Crippen molar-refractivity contribution in [2.75, 3.05) is 0 Å². The fourth-order valence-corrected chi connectivity index (χ4v) is 1.04. The number of hydrogen-bond acceptors (Lipinski definition) is 2. The standard InChI is InChI=1S/C8H5F4NO/c1-4-2-5(8(10,11)12)7(13-14)6(9)3-4/h2-3H,1H3. The Morgan fingerprint density at radius 2 is 1.86 bits per heavy atom. The van der Waals surface area contributed by atoms with Crippen LogP contribution in [0.4, 0.5) is 23.2 Å². The largest absolute Gasteiger partial charge is 0.418 e. The lowest BCUT2D eigenvalue weighted by molar-refractivity contribution is -0.137. The predicted molar refractivity (Wildman–Crippen MR) is 41.6 cm³/mol. The lowest BCUT2D eigenvalue weighted by Gasteiger charge is -2.09. The molecule has 0 saturated heterocycles. The Kier molecular flexibility index (Phi) is 2.55. The van der Waals surface area contributed by atoms with Crippen molar-refractivity contribution in [3.05, 3.63) is 34.0 Å². The van der Waals surface area contributed by atoms with Gasteiger partial charge in [-0.3, -0.25) is 0 Å². The summed E-state index contributed by atoms with van der Waals surface area (Å²) >= 11 is 0. The van der Waals surface area contributed by atoms with Crippen molar-refractivity contribution in [3.63, 3.8) is 0 Å². The van der Waals surface area contributed by atoms with Gasteiger partial charge in [0.25, 0.3) is 0 Å². The molecular weight excluding hydrogens is 202 g/mol. The van der Waals surface area contributed by atoms with Crippen molar-refractivity contribution in [2.24, 2.45) is 5.18 Å². The highest BCUT2D eigenvalue weighted by Crippen LogP contribution is 2.38. The van der Waals surface area contributed by atoms with Crippen LogP contribution >= 0.6 is 0 Å². The average molecular weight is 207 g/mol. The number of benzene rings is 1. The second kappa shape index (κ2) is 3.36. The van der Waals surface area contributed by atoms with E-state index in [1.807, 2.05) is 5.18 Å². The molecule has 0 radical (unpaired) electrons. The number of halogens is 4. The molecule has 0 aliphatic carbocycles. The summed E-state index contributed by atoms with van der Waals surface area (Å²) < 4.78 is 49.5. The fourth-order valence-electron chi connectivity index (χ4n) is 1.04. The molecule has 0 unspecified atom stereocenters. The van der Waals surface area contributed by atoms with E-state index < -0.39 is 23.2 Å². The van der Waals surface area contributed by atoms with Gasteiger partial charge in [0.1, 0.15) is 0 Å². The number of aryl methyl sites for hydroxylation is 1. The maximum atomic E-state index is 12.8. The summed E-state index contributed by atoms with van der Waals surface area (Å²) in [5, 5.41) is 2.03. The van der Waals surface area contributed by atoms with E-state index in [1.54, 1.807) is 0 Å². The first-order chi connectivity index (χ1) is 6.36. The minimum absolute atomic E-state index is 0.0854. The van der Waals surface area contributed by atoms with Gasteiger partial charge in [0.2, 0.25) is 0 Å². The highest BCUT2D eigenvalue weighted by atomic mass is 19.4. The fraction of sp³-hybridized carbons (Fsp3) is 0.250. The molecule has 2 nitrogen and oxygen atoms in total. The van der Waals surface area contributed by atoms with Gasteiger partial charge >= 0.3 is 6.18 Å². The third-order valence-electron chi connectivity index (χ3n) is 1.60. The van der Waals surface area contributed by atoms with Gasteiger partial charge in [-0.1, -0.05) is 0 Å². The third-order valence-corrected chi connectivity index (χ3v) is 1.60. The van der Waals surface area contributed by atoms with Crippen LogP contribution < -0.4 is 0 Å². The van der Waals surface area contributed by atoms with Crippen molar-refractivity contribution in [2.45, 2.75) is 13.1 Å². The Morgan fingerprint density at radius 3 is 2.29 bits per heavy atom. The molecule has 0 bridgehead atoms. The molecule has 0 heterocycles. The van der Waals surface area contributed by atoms with E-state index in [0.717, 1.165) is 6.07 Å². The van der Waals surface area contributed by atoms with E-state index in [2.05, 4.69) is 0 Å². The molecule has 0 fully saturated rings. The minimum Gasteiger partial charge on any atom is -0.204 e. The van der Waals surface area contributed by atoms with Crippen LogP contribution in [0.25, 0.3) is 0 Å². The van der Waals surface area contributed by atoms with E-state index in [0.29, 0.717) is 6.07 Å². The molecule has 1 aromatic rings. The van der Waals surface area contributed by atoms with Gasteiger partial charge in [-0.2, -0.15) is 13.2 Å². The van der Waals surface area contributed by atoms with Crippen LogP contribution in [0.3, 0.4) is 0 Å². The van der Waals surface area contributed by atoms with Gasteiger partial charge in [0.05, 0.1) is 5.56 Å². The van der Waals surface area contributed by atoms with Crippen LogP contribution in [0.5, 0.6) is 0 Å². The first-order valence-corrected chi connectivity index (χ1v) is 3.57. The monoisotopic (exact) mass is 207 g/mol. The van der Waals surface area contributed by atoms with Gasteiger partial charge in [-0.25, -0.2) is 4.39 Å². The Bertz CT molecular complexity index is 372. The van der Waals surface area contributed by atoms with E-state index in [-0.39, 0.29) is 5.56 Å². The Morgan fingerprint density at radius 1 is 1.29 bits per heavy atom. The molecule has 76 valence electrons. The lowest BCUT2D eigenvalue weighted by atomic mass is 10.1. The molecule has 6 heteroatoms. The first-order valence-electron chi connectivity index (χ1n) is 3.57. The Balaban J connectivity index is 3.48. The van der Waals surface area contributed by atoms with E-state index in [9.17, 15) is 22.5 Å². The van der Waals surface area contributed by atoms with Crippen molar-refractivity contribution < 1.29 is 17.6 Å². The van der Waals surface area contributed by atoms with Crippen LogP contribution in [0.15, 0.2) is 17.3 Å². The van der Waals surface area contributed by atoms with Crippen molar-refractivity contribution in [3.8, 4) is 0 Å². The van der Waals surface area contributed by atoms with Crippen LogP contribution in [0.1, 0.15) is 11.1 Å². The van der Waals surface area contributed by atoms with E-state index in [4.69, 9.17) is 0 Å². The summed E-state index contributed by atoms with van der Waals surface area (Å²) in [5.41, 5.74) is -2.45. The third kappa shape index (κ3) is 1.89. The molecule has 14 heavy (non-hydrogen) atoms. The first kappa shape index (κ1) is 10.6. The number of alkyl halides is 3. The normalized spacial score (nSPS) is 11.5. The highest BCUT2D eigenvalue weighted by Gasteiger charge is 2.35. The van der Waals surface area contributed by atoms with Gasteiger partial charge < -0.3 is 0 Å². The number of rotatable bonds is 1. The molecule has 0 aromatic heterocycles.